The Kier molecular flexibility index (Phi) is 9.01. The maximum atomic E-state index is 14.0. The maximum Gasteiger partial charge on any atom is 0.324 e. The quantitative estimate of drug-likeness (QED) is 0.205. The third-order valence-corrected chi connectivity index (χ3v) is 8.28. The van der Waals surface area contributed by atoms with Gasteiger partial charge in [0.1, 0.15) is 0 Å². The van der Waals surface area contributed by atoms with Crippen LogP contribution in [0.5, 0.6) is 0 Å². The topological polar surface area (TPSA) is 60.4 Å². The van der Waals surface area contributed by atoms with Gasteiger partial charge in [-0.05, 0) is 64.0 Å². The third kappa shape index (κ3) is 5.11. The second-order valence-corrected chi connectivity index (χ2v) is 10.6. The summed E-state index contributed by atoms with van der Waals surface area (Å²) in [6.07, 6.45) is 6.97. The third-order valence-electron chi connectivity index (χ3n) is 7.30. The van der Waals surface area contributed by atoms with Gasteiger partial charge >= 0.3 is 5.97 Å². The van der Waals surface area contributed by atoms with Crippen molar-refractivity contribution in [3.63, 3.8) is 0 Å². The molecule has 0 aromatic heterocycles. The summed E-state index contributed by atoms with van der Waals surface area (Å²) in [7, 11) is -0.339. The number of hydrogen-bond acceptors (Lipinski definition) is 4. The normalized spacial score (nSPS) is 18.5. The van der Waals surface area contributed by atoms with Crippen LogP contribution >= 0.6 is 8.46 Å². The van der Waals surface area contributed by atoms with Crippen LogP contribution in [0.3, 0.4) is 0 Å². The summed E-state index contributed by atoms with van der Waals surface area (Å²) in [5.74, 6) is -0.258. The number of Topliss-reactive ketones (excluding diaryl/α,β-unsaturated/α-hetero) is 1. The maximum absolute atomic E-state index is 14.0. The number of aryl methyl sites for hydroxylation is 3. The van der Waals surface area contributed by atoms with Crippen molar-refractivity contribution in [3.05, 3.63) is 34.4 Å². The molecule has 1 aromatic carbocycles. The molecule has 0 heterocycles. The molecule has 31 heavy (non-hydrogen) atoms. The highest BCUT2D eigenvalue weighted by Gasteiger charge is 2.61. The van der Waals surface area contributed by atoms with E-state index in [4.69, 9.17) is 4.74 Å². The van der Waals surface area contributed by atoms with Gasteiger partial charge in [-0.15, -0.1) is 0 Å². The zero-order valence-electron chi connectivity index (χ0n) is 20.2. The molecular weight excluding hydrogens is 407 g/mol. The Labute approximate surface area is 189 Å². The second-order valence-electron chi connectivity index (χ2n) is 9.57. The number of rotatable bonds is 11. The number of carbonyl (C=O) groups excluding carboxylic acids is 2. The van der Waals surface area contributed by atoms with Gasteiger partial charge in [0.25, 0.3) is 0 Å². The minimum absolute atomic E-state index is 0.0548. The fraction of sp³-hybridized carbons (Fsp3) is 0.692. The molecule has 1 aliphatic carbocycles. The summed E-state index contributed by atoms with van der Waals surface area (Å²) in [6.45, 7) is 12.1. The molecule has 0 radical (unpaired) electrons. The first kappa shape index (κ1) is 25.7. The predicted molar refractivity (Wildman–Crippen MR) is 126 cm³/mol. The van der Waals surface area contributed by atoms with E-state index in [9.17, 15) is 14.2 Å². The summed E-state index contributed by atoms with van der Waals surface area (Å²) in [4.78, 5) is 27.4. The van der Waals surface area contributed by atoms with Gasteiger partial charge in [0, 0.05) is 5.56 Å². The molecular formula is C26H39O4P. The number of esters is 1. The first-order valence-corrected chi connectivity index (χ1v) is 12.6. The van der Waals surface area contributed by atoms with Crippen LogP contribution in [0.2, 0.25) is 0 Å². The highest BCUT2D eigenvalue weighted by Crippen LogP contribution is 2.55. The van der Waals surface area contributed by atoms with E-state index >= 15 is 0 Å². The van der Waals surface area contributed by atoms with Crippen molar-refractivity contribution in [1.82, 2.24) is 0 Å². The molecule has 0 aliphatic heterocycles. The standard InChI is InChI=1S/C26H39O4P/c1-7-9-12-21(8-2)17-30-24(28)25(6,31-29)26(13-10-11-14-26)23(27)22-19(4)15-18(3)16-20(22)5/h15-16,21H,7-14,17H2,1-6H3. The van der Waals surface area contributed by atoms with E-state index in [1.165, 1.54) is 0 Å². The van der Waals surface area contributed by atoms with E-state index in [2.05, 4.69) is 13.8 Å². The highest BCUT2D eigenvalue weighted by atomic mass is 31.1. The van der Waals surface area contributed by atoms with Gasteiger partial charge in [-0.2, -0.15) is 0 Å². The molecule has 0 amide bonds. The minimum atomic E-state index is -1.38. The van der Waals surface area contributed by atoms with Crippen molar-refractivity contribution in [2.75, 3.05) is 6.61 Å². The van der Waals surface area contributed by atoms with E-state index in [-0.39, 0.29) is 14.2 Å². The Morgan fingerprint density at radius 1 is 1.13 bits per heavy atom. The van der Waals surface area contributed by atoms with E-state index in [0.29, 0.717) is 30.9 Å². The Bertz CT molecular complexity index is 787. The first-order valence-electron chi connectivity index (χ1n) is 11.8. The largest absolute Gasteiger partial charge is 0.464 e. The van der Waals surface area contributed by atoms with Crippen LogP contribution in [0.1, 0.15) is 99.2 Å². The lowest BCUT2D eigenvalue weighted by molar-refractivity contribution is -0.150. The summed E-state index contributed by atoms with van der Waals surface area (Å²) in [5, 5.41) is -1.38. The van der Waals surface area contributed by atoms with E-state index < -0.39 is 16.5 Å². The van der Waals surface area contributed by atoms with Gasteiger partial charge < -0.3 is 4.74 Å². The smallest absolute Gasteiger partial charge is 0.324 e. The summed E-state index contributed by atoms with van der Waals surface area (Å²) in [6, 6.07) is 4.01. The summed E-state index contributed by atoms with van der Waals surface area (Å²) < 4.78 is 18.3. The van der Waals surface area contributed by atoms with Crippen molar-refractivity contribution in [2.45, 2.75) is 98.1 Å². The van der Waals surface area contributed by atoms with Crippen LogP contribution in [0.4, 0.5) is 0 Å². The van der Waals surface area contributed by atoms with Crippen molar-refractivity contribution in [1.29, 1.82) is 0 Å². The average molecular weight is 447 g/mol. The van der Waals surface area contributed by atoms with Crippen molar-refractivity contribution in [3.8, 4) is 0 Å². The van der Waals surface area contributed by atoms with Gasteiger partial charge in [0.15, 0.2) is 19.4 Å². The lowest BCUT2D eigenvalue weighted by Crippen LogP contribution is -2.52. The van der Waals surface area contributed by atoms with Crippen LogP contribution < -0.4 is 0 Å². The van der Waals surface area contributed by atoms with E-state index in [1.54, 1.807) is 6.92 Å². The van der Waals surface area contributed by atoms with Crippen molar-refractivity contribution < 1.29 is 18.9 Å². The minimum Gasteiger partial charge on any atom is -0.464 e. The molecule has 172 valence electrons. The molecule has 5 heteroatoms. The number of carbonyl (C=O) groups is 2. The average Bonchev–Trinajstić information content (AvgIpc) is 3.24. The molecule has 4 nitrogen and oxygen atoms in total. The predicted octanol–water partition coefficient (Wildman–Crippen LogP) is 7.16. The molecule has 1 saturated carbocycles. The van der Waals surface area contributed by atoms with Gasteiger partial charge in [0.2, 0.25) is 0 Å². The zero-order chi connectivity index (χ0) is 23.2. The SMILES string of the molecule is CCCCC(CC)COC(=O)C(C)(P=O)C1(C(=O)c2c(C)cc(C)cc2C)CCCC1. The monoisotopic (exact) mass is 446 g/mol. The van der Waals surface area contributed by atoms with Crippen LogP contribution in [0.25, 0.3) is 0 Å². The Hall–Kier alpha value is -1.54. The van der Waals surface area contributed by atoms with Crippen LogP contribution in [-0.4, -0.2) is 23.5 Å². The lowest BCUT2D eigenvalue weighted by Gasteiger charge is -2.39. The van der Waals surface area contributed by atoms with Gasteiger partial charge in [0.05, 0.1) is 12.0 Å². The van der Waals surface area contributed by atoms with Crippen molar-refractivity contribution >= 4 is 20.2 Å². The number of ether oxygens (including phenoxy) is 1. The Morgan fingerprint density at radius 2 is 1.71 bits per heavy atom. The molecule has 1 fully saturated rings. The molecule has 0 bridgehead atoms. The number of hydrogen-bond donors (Lipinski definition) is 0. The van der Waals surface area contributed by atoms with Crippen LogP contribution in [-0.2, 0) is 14.1 Å². The van der Waals surface area contributed by atoms with Gasteiger partial charge in [-0.1, -0.05) is 63.6 Å². The Balaban J connectivity index is 2.39. The van der Waals surface area contributed by atoms with Gasteiger partial charge in [-0.25, -0.2) is 0 Å². The highest BCUT2D eigenvalue weighted by molar-refractivity contribution is 7.28. The van der Waals surface area contributed by atoms with Crippen LogP contribution in [0, 0.1) is 32.1 Å². The van der Waals surface area contributed by atoms with Crippen molar-refractivity contribution in [2.24, 2.45) is 11.3 Å². The fourth-order valence-corrected chi connectivity index (χ4v) is 5.88. The molecule has 2 unspecified atom stereocenters. The first-order chi connectivity index (χ1) is 14.7. The molecule has 0 N–H and O–H groups in total. The summed E-state index contributed by atoms with van der Waals surface area (Å²) >= 11 is 0. The number of unbranched alkanes of at least 4 members (excludes halogenated alkanes) is 1. The zero-order valence-corrected chi connectivity index (χ0v) is 21.1. The fourth-order valence-electron chi connectivity index (χ4n) is 5.24. The Morgan fingerprint density at radius 3 is 2.19 bits per heavy atom. The van der Waals surface area contributed by atoms with E-state index in [0.717, 1.165) is 55.2 Å². The number of benzene rings is 1. The molecule has 2 rings (SSSR count). The number of ketones is 1. The summed E-state index contributed by atoms with van der Waals surface area (Å²) in [5.41, 5.74) is 2.61. The molecule has 1 aliphatic rings. The lowest BCUT2D eigenvalue weighted by atomic mass is 9.67. The molecule has 0 spiro atoms. The molecule has 0 saturated heterocycles. The van der Waals surface area contributed by atoms with Crippen LogP contribution in [0.15, 0.2) is 12.1 Å². The van der Waals surface area contributed by atoms with Gasteiger partial charge in [-0.3, -0.25) is 14.2 Å². The molecule has 2 atom stereocenters. The van der Waals surface area contributed by atoms with E-state index in [1.807, 2.05) is 32.9 Å². The second kappa shape index (κ2) is 10.9. The molecule has 1 aromatic rings.